The van der Waals surface area contributed by atoms with Crippen LogP contribution in [0.15, 0.2) is 30.5 Å². The molecule has 0 unspecified atom stereocenters. The first-order chi connectivity index (χ1) is 9.70. The summed E-state index contributed by atoms with van der Waals surface area (Å²) in [6.07, 6.45) is 3.79. The average molecular weight is 271 g/mol. The summed E-state index contributed by atoms with van der Waals surface area (Å²) in [7, 11) is 0. The molecule has 0 aliphatic carbocycles. The number of fused-ring (bicyclic) bond motifs is 1. The second-order valence-corrected chi connectivity index (χ2v) is 5.01. The number of benzene rings is 1. The van der Waals surface area contributed by atoms with Crippen molar-refractivity contribution < 1.29 is 9.90 Å². The zero-order chi connectivity index (χ0) is 14.1. The predicted octanol–water partition coefficient (Wildman–Crippen LogP) is 2.47. The van der Waals surface area contributed by atoms with Crippen LogP contribution in [0.25, 0.3) is 11.3 Å². The smallest absolute Gasteiger partial charge is 0.291 e. The van der Waals surface area contributed by atoms with Gasteiger partial charge in [-0.05, 0) is 30.7 Å². The van der Waals surface area contributed by atoms with E-state index in [0.717, 1.165) is 30.6 Å². The molecular formula is C15H17N3O2. The van der Waals surface area contributed by atoms with Crippen LogP contribution in [-0.2, 0) is 6.67 Å². The number of hydrogen-bond donors (Lipinski definition) is 1. The number of phenolic OH excluding ortho intramolecular Hbond substituents is 1. The fraction of sp³-hybridized carbons (Fsp3) is 0.333. The summed E-state index contributed by atoms with van der Waals surface area (Å²) in [5.74, 6) is 0.739. The second-order valence-electron chi connectivity index (χ2n) is 5.01. The molecule has 0 spiro atoms. The van der Waals surface area contributed by atoms with Crippen LogP contribution in [0.5, 0.6) is 5.75 Å². The Morgan fingerprint density at radius 1 is 1.30 bits per heavy atom. The van der Waals surface area contributed by atoms with E-state index in [1.165, 1.54) is 0 Å². The molecule has 1 aliphatic heterocycles. The van der Waals surface area contributed by atoms with Crippen molar-refractivity contribution in [1.29, 1.82) is 0 Å². The zero-order valence-electron chi connectivity index (χ0n) is 11.4. The van der Waals surface area contributed by atoms with Crippen LogP contribution in [0.1, 0.15) is 30.4 Å². The van der Waals surface area contributed by atoms with Crippen LogP contribution in [-0.4, -0.2) is 32.0 Å². The number of carbonyl (C=O) groups excluding carboxylic acids is 1. The standard InChI is InChI=1S/C15H17N3O2/c1-2-3-8-17-10-18-13(9-16-14(18)15(17)20)11-4-6-12(19)7-5-11/h4-7,9,19H,2-3,8,10H2,1H3. The number of phenols is 1. The lowest BCUT2D eigenvalue weighted by Crippen LogP contribution is -2.25. The Morgan fingerprint density at radius 2 is 2.05 bits per heavy atom. The number of nitrogens with zero attached hydrogens (tertiary/aromatic N) is 3. The van der Waals surface area contributed by atoms with Crippen LogP contribution in [0.4, 0.5) is 0 Å². The molecule has 5 heteroatoms. The van der Waals surface area contributed by atoms with E-state index in [-0.39, 0.29) is 11.7 Å². The van der Waals surface area contributed by atoms with Gasteiger partial charge in [0, 0.05) is 12.1 Å². The molecule has 1 aliphatic rings. The summed E-state index contributed by atoms with van der Waals surface area (Å²) < 4.78 is 1.93. The Balaban J connectivity index is 1.90. The van der Waals surface area contributed by atoms with Gasteiger partial charge in [-0.1, -0.05) is 13.3 Å². The number of hydrogen-bond acceptors (Lipinski definition) is 3. The lowest BCUT2D eigenvalue weighted by atomic mass is 10.1. The molecule has 2 aromatic rings. The van der Waals surface area contributed by atoms with Crippen LogP contribution < -0.4 is 0 Å². The third-order valence-corrected chi connectivity index (χ3v) is 3.59. The molecule has 20 heavy (non-hydrogen) atoms. The van der Waals surface area contributed by atoms with Crippen molar-refractivity contribution in [3.8, 4) is 17.0 Å². The lowest BCUT2D eigenvalue weighted by molar-refractivity contribution is 0.0764. The molecule has 2 heterocycles. The number of aromatic nitrogens is 2. The third-order valence-electron chi connectivity index (χ3n) is 3.59. The van der Waals surface area contributed by atoms with Gasteiger partial charge in [-0.15, -0.1) is 0 Å². The van der Waals surface area contributed by atoms with Crippen LogP contribution >= 0.6 is 0 Å². The molecule has 0 fully saturated rings. The molecule has 1 N–H and O–H groups in total. The molecule has 5 nitrogen and oxygen atoms in total. The highest BCUT2D eigenvalue weighted by Crippen LogP contribution is 2.27. The Kier molecular flexibility index (Phi) is 3.18. The lowest BCUT2D eigenvalue weighted by Gasteiger charge is -2.15. The van der Waals surface area contributed by atoms with Crippen molar-refractivity contribution >= 4 is 5.91 Å². The first-order valence-corrected chi connectivity index (χ1v) is 6.85. The van der Waals surface area contributed by atoms with E-state index in [1.54, 1.807) is 18.3 Å². The molecule has 0 saturated heterocycles. The number of imidazole rings is 1. The molecule has 104 valence electrons. The fourth-order valence-electron chi connectivity index (χ4n) is 2.45. The SMILES string of the molecule is CCCCN1Cn2c(-c3ccc(O)cc3)cnc2C1=O. The van der Waals surface area contributed by atoms with E-state index in [1.807, 2.05) is 21.6 Å². The minimum absolute atomic E-state index is 0.00322. The van der Waals surface area contributed by atoms with Gasteiger partial charge < -0.3 is 14.6 Å². The molecule has 0 radical (unpaired) electrons. The number of rotatable bonds is 4. The molecule has 0 atom stereocenters. The molecule has 3 rings (SSSR count). The fourth-order valence-corrected chi connectivity index (χ4v) is 2.45. The zero-order valence-corrected chi connectivity index (χ0v) is 11.4. The number of unbranched alkanes of at least 4 members (excludes halogenated alkanes) is 1. The van der Waals surface area contributed by atoms with E-state index in [2.05, 4.69) is 11.9 Å². The third kappa shape index (κ3) is 2.05. The van der Waals surface area contributed by atoms with Crippen molar-refractivity contribution in [1.82, 2.24) is 14.5 Å². The predicted molar refractivity (Wildman–Crippen MR) is 75.3 cm³/mol. The van der Waals surface area contributed by atoms with Crippen molar-refractivity contribution in [2.75, 3.05) is 6.54 Å². The Morgan fingerprint density at radius 3 is 2.75 bits per heavy atom. The summed E-state index contributed by atoms with van der Waals surface area (Å²) in [6.45, 7) is 3.44. The van der Waals surface area contributed by atoms with Crippen LogP contribution in [0, 0.1) is 0 Å². The van der Waals surface area contributed by atoms with Gasteiger partial charge in [0.25, 0.3) is 5.91 Å². The van der Waals surface area contributed by atoms with Crippen molar-refractivity contribution in [3.05, 3.63) is 36.3 Å². The highest BCUT2D eigenvalue weighted by Gasteiger charge is 2.30. The summed E-state index contributed by atoms with van der Waals surface area (Å²) in [5.41, 5.74) is 1.86. The molecule has 0 bridgehead atoms. The molecular weight excluding hydrogens is 254 g/mol. The summed E-state index contributed by atoms with van der Waals surface area (Å²) in [5, 5.41) is 9.34. The largest absolute Gasteiger partial charge is 0.508 e. The maximum Gasteiger partial charge on any atom is 0.291 e. The first kappa shape index (κ1) is 12.7. The Labute approximate surface area is 117 Å². The van der Waals surface area contributed by atoms with Gasteiger partial charge in [-0.2, -0.15) is 0 Å². The number of aromatic hydroxyl groups is 1. The molecule has 1 aromatic heterocycles. The monoisotopic (exact) mass is 271 g/mol. The minimum Gasteiger partial charge on any atom is -0.508 e. The van der Waals surface area contributed by atoms with Crippen molar-refractivity contribution in [2.24, 2.45) is 0 Å². The quantitative estimate of drug-likeness (QED) is 0.929. The highest BCUT2D eigenvalue weighted by molar-refractivity contribution is 5.93. The normalized spacial score (nSPS) is 13.8. The van der Waals surface area contributed by atoms with Gasteiger partial charge in [-0.3, -0.25) is 4.79 Å². The molecule has 1 amide bonds. The Hall–Kier alpha value is -2.30. The van der Waals surface area contributed by atoms with E-state index >= 15 is 0 Å². The van der Waals surface area contributed by atoms with E-state index in [4.69, 9.17) is 0 Å². The summed E-state index contributed by atoms with van der Waals surface area (Å²) in [6, 6.07) is 6.94. The number of carbonyl (C=O) groups is 1. The van der Waals surface area contributed by atoms with Crippen molar-refractivity contribution in [2.45, 2.75) is 26.4 Å². The van der Waals surface area contributed by atoms with E-state index in [9.17, 15) is 9.90 Å². The maximum absolute atomic E-state index is 12.2. The minimum atomic E-state index is 0.00322. The molecule has 0 saturated carbocycles. The number of amides is 1. The summed E-state index contributed by atoms with van der Waals surface area (Å²) >= 11 is 0. The highest BCUT2D eigenvalue weighted by atomic mass is 16.3. The maximum atomic E-state index is 12.2. The van der Waals surface area contributed by atoms with Crippen molar-refractivity contribution in [3.63, 3.8) is 0 Å². The second kappa shape index (κ2) is 5.00. The first-order valence-electron chi connectivity index (χ1n) is 6.85. The van der Waals surface area contributed by atoms with E-state index in [0.29, 0.717) is 12.5 Å². The van der Waals surface area contributed by atoms with Crippen LogP contribution in [0.3, 0.4) is 0 Å². The van der Waals surface area contributed by atoms with Crippen LogP contribution in [0.2, 0.25) is 0 Å². The van der Waals surface area contributed by atoms with Gasteiger partial charge in [0.1, 0.15) is 5.75 Å². The topological polar surface area (TPSA) is 58.4 Å². The average Bonchev–Trinajstić information content (AvgIpc) is 2.99. The van der Waals surface area contributed by atoms with Gasteiger partial charge in [-0.25, -0.2) is 4.98 Å². The van der Waals surface area contributed by atoms with E-state index < -0.39 is 0 Å². The van der Waals surface area contributed by atoms with Gasteiger partial charge in [0.15, 0.2) is 0 Å². The van der Waals surface area contributed by atoms with Gasteiger partial charge in [0.05, 0.1) is 18.6 Å². The summed E-state index contributed by atoms with van der Waals surface area (Å²) in [4.78, 5) is 18.3. The van der Waals surface area contributed by atoms with Gasteiger partial charge >= 0.3 is 0 Å². The Bertz CT molecular complexity index is 631. The van der Waals surface area contributed by atoms with Gasteiger partial charge in [0.2, 0.25) is 5.82 Å². The molecule has 1 aromatic carbocycles.